The average Bonchev–Trinajstić information content (AvgIpc) is 2.79. The molecule has 1 aromatic carbocycles. The number of aryl methyl sites for hydroxylation is 2. The van der Waals surface area contributed by atoms with Gasteiger partial charge in [-0.1, -0.05) is 0 Å². The molecule has 0 radical (unpaired) electrons. The molecule has 0 aliphatic carbocycles. The van der Waals surface area contributed by atoms with E-state index in [9.17, 15) is 5.11 Å². The van der Waals surface area contributed by atoms with E-state index in [0.29, 0.717) is 5.75 Å². The number of phenolic OH excluding ortho intramolecular Hbond substituents is 1. The fourth-order valence-electron chi connectivity index (χ4n) is 1.64. The first-order valence-electron chi connectivity index (χ1n) is 5.74. The number of aromatic hydroxyl groups is 1. The molecular weight excluding hydrogens is 214 g/mol. The Bertz CT molecular complexity index is 505. The molecule has 0 unspecified atom stereocenters. The Hall–Kier alpha value is -1.97. The normalized spacial score (nSPS) is 10.5. The van der Waals surface area contributed by atoms with Crippen molar-refractivity contribution >= 4 is 5.69 Å². The number of phenols is 1. The molecule has 0 bridgehead atoms. The highest BCUT2D eigenvalue weighted by Gasteiger charge is 2.00. The van der Waals surface area contributed by atoms with Crippen LogP contribution in [-0.2, 0) is 13.1 Å². The number of anilines is 1. The summed E-state index contributed by atoms with van der Waals surface area (Å²) in [6.45, 7) is 5.58. The molecule has 2 aromatic rings. The van der Waals surface area contributed by atoms with Crippen molar-refractivity contribution in [2.75, 3.05) is 5.32 Å². The predicted octanol–water partition coefficient (Wildman–Crippen LogP) is 2.53. The molecular formula is C13H17N3O. The zero-order valence-electron chi connectivity index (χ0n) is 10.1. The molecule has 2 rings (SSSR count). The molecule has 4 heteroatoms. The first-order chi connectivity index (χ1) is 8.19. The van der Waals surface area contributed by atoms with Gasteiger partial charge in [-0.15, -0.1) is 0 Å². The second-order valence-electron chi connectivity index (χ2n) is 4.06. The molecule has 0 spiro atoms. The predicted molar refractivity (Wildman–Crippen MR) is 68.1 cm³/mol. The Morgan fingerprint density at radius 2 is 2.24 bits per heavy atom. The fourth-order valence-corrected chi connectivity index (χ4v) is 1.64. The molecule has 0 amide bonds. The lowest BCUT2D eigenvalue weighted by molar-refractivity contribution is 0.471. The van der Waals surface area contributed by atoms with Gasteiger partial charge in [-0.05, 0) is 37.6 Å². The topological polar surface area (TPSA) is 50.1 Å². The Labute approximate surface area is 101 Å². The van der Waals surface area contributed by atoms with Gasteiger partial charge in [-0.2, -0.15) is 5.10 Å². The van der Waals surface area contributed by atoms with Gasteiger partial charge in [-0.25, -0.2) is 0 Å². The van der Waals surface area contributed by atoms with Crippen LogP contribution in [0.25, 0.3) is 0 Å². The summed E-state index contributed by atoms with van der Waals surface area (Å²) in [6.07, 6.45) is 3.89. The average molecular weight is 231 g/mol. The van der Waals surface area contributed by atoms with E-state index in [1.54, 1.807) is 6.07 Å². The molecule has 2 N–H and O–H groups in total. The molecule has 0 aliphatic rings. The van der Waals surface area contributed by atoms with E-state index < -0.39 is 0 Å². The second-order valence-corrected chi connectivity index (χ2v) is 4.06. The van der Waals surface area contributed by atoms with Crippen molar-refractivity contribution in [3.05, 3.63) is 41.7 Å². The fraction of sp³-hybridized carbons (Fsp3) is 0.308. The van der Waals surface area contributed by atoms with Crippen molar-refractivity contribution in [2.45, 2.75) is 26.9 Å². The Balaban J connectivity index is 1.99. The van der Waals surface area contributed by atoms with E-state index in [-0.39, 0.29) is 0 Å². The third-order valence-corrected chi connectivity index (χ3v) is 2.70. The highest BCUT2D eigenvalue weighted by atomic mass is 16.3. The van der Waals surface area contributed by atoms with Crippen LogP contribution in [0.4, 0.5) is 5.69 Å². The quantitative estimate of drug-likeness (QED) is 0.795. The molecule has 0 fully saturated rings. The monoisotopic (exact) mass is 231 g/mol. The van der Waals surface area contributed by atoms with Gasteiger partial charge in [0.1, 0.15) is 5.75 Å². The standard InChI is InChI=1S/C13H17N3O/c1-3-16-9-11(8-15-16)7-14-12-4-5-13(17)10(2)6-12/h4-6,8-9,14,17H,3,7H2,1-2H3. The number of benzene rings is 1. The Morgan fingerprint density at radius 1 is 1.41 bits per heavy atom. The van der Waals surface area contributed by atoms with Gasteiger partial charge in [0.2, 0.25) is 0 Å². The smallest absolute Gasteiger partial charge is 0.118 e. The van der Waals surface area contributed by atoms with Crippen molar-refractivity contribution in [2.24, 2.45) is 0 Å². The summed E-state index contributed by atoms with van der Waals surface area (Å²) in [7, 11) is 0. The van der Waals surface area contributed by atoms with E-state index in [0.717, 1.165) is 29.9 Å². The zero-order valence-corrected chi connectivity index (χ0v) is 10.1. The van der Waals surface area contributed by atoms with Crippen LogP contribution < -0.4 is 5.32 Å². The summed E-state index contributed by atoms with van der Waals surface area (Å²) in [5, 5.41) is 16.9. The van der Waals surface area contributed by atoms with Crippen LogP contribution in [0.15, 0.2) is 30.6 Å². The van der Waals surface area contributed by atoms with E-state index in [1.165, 1.54) is 0 Å². The molecule has 4 nitrogen and oxygen atoms in total. The molecule has 0 saturated heterocycles. The molecule has 17 heavy (non-hydrogen) atoms. The van der Waals surface area contributed by atoms with Crippen molar-refractivity contribution < 1.29 is 5.11 Å². The van der Waals surface area contributed by atoms with Crippen LogP contribution in [0.5, 0.6) is 5.75 Å². The summed E-state index contributed by atoms with van der Waals surface area (Å²) in [5.41, 5.74) is 3.03. The highest BCUT2D eigenvalue weighted by molar-refractivity contribution is 5.50. The van der Waals surface area contributed by atoms with Crippen LogP contribution in [0.2, 0.25) is 0 Å². The van der Waals surface area contributed by atoms with E-state index in [4.69, 9.17) is 0 Å². The first-order valence-corrected chi connectivity index (χ1v) is 5.74. The minimum absolute atomic E-state index is 0.328. The van der Waals surface area contributed by atoms with Crippen molar-refractivity contribution in [3.63, 3.8) is 0 Å². The lowest BCUT2D eigenvalue weighted by atomic mass is 10.2. The molecule has 1 aromatic heterocycles. The first kappa shape index (κ1) is 11.5. The van der Waals surface area contributed by atoms with Crippen LogP contribution in [-0.4, -0.2) is 14.9 Å². The number of aromatic nitrogens is 2. The van der Waals surface area contributed by atoms with Gasteiger partial charge < -0.3 is 10.4 Å². The van der Waals surface area contributed by atoms with Crippen LogP contribution in [0.3, 0.4) is 0 Å². The molecule has 90 valence electrons. The van der Waals surface area contributed by atoms with Crippen LogP contribution >= 0.6 is 0 Å². The largest absolute Gasteiger partial charge is 0.508 e. The second kappa shape index (κ2) is 4.91. The zero-order chi connectivity index (χ0) is 12.3. The van der Waals surface area contributed by atoms with Crippen LogP contribution in [0.1, 0.15) is 18.1 Å². The number of nitrogens with one attached hydrogen (secondary N) is 1. The number of hydrogen-bond donors (Lipinski definition) is 2. The van der Waals surface area contributed by atoms with Gasteiger partial charge in [0, 0.05) is 30.5 Å². The minimum Gasteiger partial charge on any atom is -0.508 e. The van der Waals surface area contributed by atoms with E-state index >= 15 is 0 Å². The van der Waals surface area contributed by atoms with Crippen molar-refractivity contribution in [3.8, 4) is 5.75 Å². The van der Waals surface area contributed by atoms with Gasteiger partial charge in [0.15, 0.2) is 0 Å². The number of nitrogens with zero attached hydrogens (tertiary/aromatic N) is 2. The highest BCUT2D eigenvalue weighted by Crippen LogP contribution is 2.20. The minimum atomic E-state index is 0.328. The molecule has 1 heterocycles. The SMILES string of the molecule is CCn1cc(CNc2ccc(O)c(C)c2)cn1. The summed E-state index contributed by atoms with van der Waals surface area (Å²) >= 11 is 0. The molecule has 0 atom stereocenters. The Kier molecular flexibility index (Phi) is 3.32. The maximum atomic E-state index is 9.42. The molecule has 0 aliphatic heterocycles. The Morgan fingerprint density at radius 3 is 2.88 bits per heavy atom. The number of rotatable bonds is 4. The van der Waals surface area contributed by atoms with Gasteiger partial charge in [0.25, 0.3) is 0 Å². The van der Waals surface area contributed by atoms with Crippen molar-refractivity contribution in [1.82, 2.24) is 9.78 Å². The maximum Gasteiger partial charge on any atom is 0.118 e. The van der Waals surface area contributed by atoms with Gasteiger partial charge in [0.05, 0.1) is 6.20 Å². The lowest BCUT2D eigenvalue weighted by Crippen LogP contribution is -1.98. The third kappa shape index (κ3) is 2.78. The van der Waals surface area contributed by atoms with E-state index in [2.05, 4.69) is 17.3 Å². The summed E-state index contributed by atoms with van der Waals surface area (Å²) in [4.78, 5) is 0. The summed E-state index contributed by atoms with van der Waals surface area (Å²) in [5.74, 6) is 0.328. The lowest BCUT2D eigenvalue weighted by Gasteiger charge is -2.06. The van der Waals surface area contributed by atoms with Crippen LogP contribution in [0, 0.1) is 6.92 Å². The van der Waals surface area contributed by atoms with Gasteiger partial charge in [-0.3, -0.25) is 4.68 Å². The van der Waals surface area contributed by atoms with Gasteiger partial charge >= 0.3 is 0 Å². The van der Waals surface area contributed by atoms with Crippen molar-refractivity contribution in [1.29, 1.82) is 0 Å². The van der Waals surface area contributed by atoms with E-state index in [1.807, 2.05) is 36.1 Å². The molecule has 0 saturated carbocycles. The third-order valence-electron chi connectivity index (χ3n) is 2.70. The maximum absolute atomic E-state index is 9.42. The number of hydrogen-bond acceptors (Lipinski definition) is 3. The summed E-state index contributed by atoms with van der Waals surface area (Å²) < 4.78 is 1.90. The summed E-state index contributed by atoms with van der Waals surface area (Å²) in [6, 6.07) is 5.50.